The Hall–Kier alpha value is -3.55. The van der Waals surface area contributed by atoms with Crippen molar-refractivity contribution in [2.24, 2.45) is 0 Å². The number of rotatable bonds is 6. The molecule has 7 heteroatoms. The maximum atomic E-state index is 13.1. The number of aliphatic hydroxyl groups is 1. The maximum Gasteiger partial charge on any atom is 0.254 e. The number of fused-ring (bicyclic) bond motifs is 1. The third kappa shape index (κ3) is 4.33. The number of β-amino-alcohol motifs (C(OH)–C–C–N with tert-alkyl or cyclic N) is 1. The summed E-state index contributed by atoms with van der Waals surface area (Å²) in [6.45, 7) is 2.50. The van der Waals surface area contributed by atoms with Crippen molar-refractivity contribution in [3.8, 4) is 0 Å². The summed E-state index contributed by atoms with van der Waals surface area (Å²) in [5, 5.41) is 11.8. The van der Waals surface area contributed by atoms with Crippen LogP contribution in [-0.2, 0) is 27.6 Å². The molecule has 5 rings (SSSR count). The molecule has 1 saturated heterocycles. The number of aromatic nitrogens is 1. The maximum absolute atomic E-state index is 13.1. The van der Waals surface area contributed by atoms with Crippen molar-refractivity contribution in [3.63, 3.8) is 0 Å². The van der Waals surface area contributed by atoms with Gasteiger partial charge in [-0.05, 0) is 47.4 Å². The number of nitrogens with zero attached hydrogens (tertiary/aromatic N) is 2. The Kier molecular flexibility index (Phi) is 5.91. The van der Waals surface area contributed by atoms with Gasteiger partial charge >= 0.3 is 0 Å². The number of sulfone groups is 1. The monoisotopic (exact) mass is 486 g/mol. The summed E-state index contributed by atoms with van der Waals surface area (Å²) in [5.41, 5.74) is 2.42. The summed E-state index contributed by atoms with van der Waals surface area (Å²) >= 11 is 0. The molecule has 0 spiro atoms. The second kappa shape index (κ2) is 8.91. The molecule has 0 unspecified atom stereocenters. The predicted octanol–water partition coefficient (Wildman–Crippen LogP) is 4.11. The largest absolute Gasteiger partial charge is 0.381 e. The first-order chi connectivity index (χ1) is 16.8. The number of pyridine rings is 1. The van der Waals surface area contributed by atoms with E-state index in [0.717, 1.165) is 22.9 Å². The second-order valence-electron chi connectivity index (χ2n) is 8.99. The fourth-order valence-corrected chi connectivity index (χ4v) is 6.27. The summed E-state index contributed by atoms with van der Waals surface area (Å²) in [7, 11) is -3.63. The highest BCUT2D eigenvalue weighted by Crippen LogP contribution is 2.35. The minimum absolute atomic E-state index is 0.184. The molecule has 1 N–H and O–H groups in total. The number of hydrogen-bond donors (Lipinski definition) is 1. The van der Waals surface area contributed by atoms with E-state index in [4.69, 9.17) is 0 Å². The Labute approximate surface area is 204 Å². The molecular formula is C28H26N2O4S. The standard InChI is InChI=1S/C28H26N2O4S/c1-2-21-7-3-4-10-24(21)28(32)18-30(19-28)27(31)23-14-12-20(13-15-23)17-35(33,34)25-11-5-8-22-9-6-16-29-26(22)25/h3-16,32H,2,17-19H2,1H3. The second-order valence-corrected chi connectivity index (χ2v) is 10.9. The Morgan fingerprint density at radius 2 is 1.69 bits per heavy atom. The Morgan fingerprint density at radius 3 is 2.43 bits per heavy atom. The summed E-state index contributed by atoms with van der Waals surface area (Å²) in [6.07, 6.45) is 2.39. The van der Waals surface area contributed by atoms with Gasteiger partial charge in [-0.25, -0.2) is 8.42 Å². The van der Waals surface area contributed by atoms with E-state index in [1.54, 1.807) is 53.6 Å². The van der Waals surface area contributed by atoms with Gasteiger partial charge < -0.3 is 10.0 Å². The van der Waals surface area contributed by atoms with E-state index in [0.29, 0.717) is 16.6 Å². The number of aryl methyl sites for hydroxylation is 1. The lowest BCUT2D eigenvalue weighted by atomic mass is 9.82. The zero-order valence-corrected chi connectivity index (χ0v) is 20.2. The Balaban J connectivity index is 1.29. The molecule has 3 aromatic carbocycles. The Morgan fingerprint density at radius 1 is 0.971 bits per heavy atom. The van der Waals surface area contributed by atoms with Crippen LogP contribution in [0.25, 0.3) is 10.9 Å². The molecule has 1 fully saturated rings. The van der Waals surface area contributed by atoms with Gasteiger partial charge in [-0.15, -0.1) is 0 Å². The number of amides is 1. The van der Waals surface area contributed by atoms with Crippen molar-refractivity contribution in [1.29, 1.82) is 0 Å². The quantitative estimate of drug-likeness (QED) is 0.443. The molecule has 1 aromatic heterocycles. The number of benzene rings is 3. The lowest BCUT2D eigenvalue weighted by molar-refractivity contribution is -0.0868. The highest BCUT2D eigenvalue weighted by molar-refractivity contribution is 7.90. The molecule has 178 valence electrons. The van der Waals surface area contributed by atoms with Crippen molar-refractivity contribution in [2.75, 3.05) is 13.1 Å². The third-order valence-electron chi connectivity index (χ3n) is 6.58. The van der Waals surface area contributed by atoms with Crippen LogP contribution in [0.15, 0.2) is 90.0 Å². The molecule has 4 aromatic rings. The molecule has 1 amide bonds. The predicted molar refractivity (Wildman–Crippen MR) is 135 cm³/mol. The summed E-state index contributed by atoms with van der Waals surface area (Å²) in [6, 6.07) is 23.1. The lowest BCUT2D eigenvalue weighted by Gasteiger charge is -2.47. The number of para-hydroxylation sites is 1. The van der Waals surface area contributed by atoms with Gasteiger partial charge in [-0.3, -0.25) is 9.78 Å². The van der Waals surface area contributed by atoms with Gasteiger partial charge in [-0.1, -0.05) is 61.5 Å². The van der Waals surface area contributed by atoms with E-state index in [1.807, 2.05) is 43.3 Å². The number of likely N-dealkylation sites (tertiary alicyclic amines) is 1. The summed E-state index contributed by atoms with van der Waals surface area (Å²) in [5.74, 6) is -0.370. The van der Waals surface area contributed by atoms with Gasteiger partial charge in [0.2, 0.25) is 0 Å². The summed E-state index contributed by atoms with van der Waals surface area (Å²) in [4.78, 5) is 19.0. The molecule has 6 nitrogen and oxygen atoms in total. The van der Waals surface area contributed by atoms with Crippen LogP contribution in [0.3, 0.4) is 0 Å². The van der Waals surface area contributed by atoms with Gasteiger partial charge in [0.15, 0.2) is 9.84 Å². The SMILES string of the molecule is CCc1ccccc1C1(O)CN(C(=O)c2ccc(CS(=O)(=O)c3cccc4cccnc34)cc2)C1. The average Bonchev–Trinajstić information content (AvgIpc) is 2.86. The van der Waals surface area contributed by atoms with Crippen LogP contribution in [0.2, 0.25) is 0 Å². The smallest absolute Gasteiger partial charge is 0.254 e. The molecule has 2 heterocycles. The molecule has 0 saturated carbocycles. The minimum Gasteiger partial charge on any atom is -0.381 e. The first-order valence-corrected chi connectivity index (χ1v) is 13.2. The van der Waals surface area contributed by atoms with E-state index >= 15 is 0 Å². The molecule has 35 heavy (non-hydrogen) atoms. The zero-order chi connectivity index (χ0) is 24.6. The highest BCUT2D eigenvalue weighted by Gasteiger charge is 2.46. The number of carbonyl (C=O) groups is 1. The molecule has 0 bridgehead atoms. The molecular weight excluding hydrogens is 460 g/mol. The van der Waals surface area contributed by atoms with E-state index < -0.39 is 15.4 Å². The first-order valence-electron chi connectivity index (χ1n) is 11.6. The minimum atomic E-state index is -3.63. The highest BCUT2D eigenvalue weighted by atomic mass is 32.2. The van der Waals surface area contributed by atoms with Crippen molar-refractivity contribution < 1.29 is 18.3 Å². The van der Waals surface area contributed by atoms with Crippen LogP contribution in [-0.4, -0.2) is 42.4 Å². The molecule has 1 aliphatic heterocycles. The van der Waals surface area contributed by atoms with Crippen LogP contribution >= 0.6 is 0 Å². The van der Waals surface area contributed by atoms with Crippen molar-refractivity contribution in [1.82, 2.24) is 9.88 Å². The van der Waals surface area contributed by atoms with E-state index in [1.165, 1.54) is 0 Å². The normalized spacial score (nSPS) is 15.1. The van der Waals surface area contributed by atoms with Crippen LogP contribution in [0.4, 0.5) is 0 Å². The molecule has 1 aliphatic rings. The van der Waals surface area contributed by atoms with Gasteiger partial charge in [0, 0.05) is 17.1 Å². The van der Waals surface area contributed by atoms with E-state index in [9.17, 15) is 18.3 Å². The topological polar surface area (TPSA) is 87.6 Å². The Bertz CT molecular complexity index is 1500. The van der Waals surface area contributed by atoms with Gasteiger partial charge in [-0.2, -0.15) is 0 Å². The van der Waals surface area contributed by atoms with Crippen LogP contribution < -0.4 is 0 Å². The molecule has 0 atom stereocenters. The van der Waals surface area contributed by atoms with Crippen molar-refractivity contribution >= 4 is 26.6 Å². The van der Waals surface area contributed by atoms with Crippen molar-refractivity contribution in [3.05, 3.63) is 107 Å². The van der Waals surface area contributed by atoms with Crippen LogP contribution in [0, 0.1) is 0 Å². The van der Waals surface area contributed by atoms with Crippen LogP contribution in [0.1, 0.15) is 34.0 Å². The zero-order valence-electron chi connectivity index (χ0n) is 19.4. The first kappa shape index (κ1) is 23.2. The fraction of sp³-hybridized carbons (Fsp3) is 0.214. The lowest BCUT2D eigenvalue weighted by Crippen LogP contribution is -2.61. The van der Waals surface area contributed by atoms with E-state index in [2.05, 4.69) is 4.98 Å². The summed E-state index contributed by atoms with van der Waals surface area (Å²) < 4.78 is 26.2. The number of carbonyl (C=O) groups excluding carboxylic acids is 1. The van der Waals surface area contributed by atoms with Crippen LogP contribution in [0.5, 0.6) is 0 Å². The third-order valence-corrected chi connectivity index (χ3v) is 8.29. The fourth-order valence-electron chi connectivity index (χ4n) is 4.73. The van der Waals surface area contributed by atoms with Gasteiger partial charge in [0.1, 0.15) is 5.60 Å². The molecule has 0 radical (unpaired) electrons. The average molecular weight is 487 g/mol. The van der Waals surface area contributed by atoms with Gasteiger partial charge in [0.05, 0.1) is 29.3 Å². The molecule has 0 aliphatic carbocycles. The van der Waals surface area contributed by atoms with E-state index in [-0.39, 0.29) is 29.6 Å². The van der Waals surface area contributed by atoms with Gasteiger partial charge in [0.25, 0.3) is 5.91 Å². The number of hydrogen-bond acceptors (Lipinski definition) is 5. The van der Waals surface area contributed by atoms with Crippen molar-refractivity contribution in [2.45, 2.75) is 29.6 Å².